The molecule has 0 aromatic heterocycles. The van der Waals surface area contributed by atoms with E-state index in [-0.39, 0.29) is 23.9 Å². The van der Waals surface area contributed by atoms with Crippen LogP contribution >= 0.6 is 0 Å². The number of esters is 1. The molecule has 1 aliphatic heterocycles. The van der Waals surface area contributed by atoms with Gasteiger partial charge in [-0.15, -0.1) is 0 Å². The second kappa shape index (κ2) is 13.2. The first-order valence-corrected chi connectivity index (χ1v) is 13.5. The van der Waals surface area contributed by atoms with Crippen molar-refractivity contribution < 1.29 is 28.7 Å². The van der Waals surface area contributed by atoms with E-state index in [2.05, 4.69) is 0 Å². The molecule has 0 bridgehead atoms. The maximum absolute atomic E-state index is 14.4. The zero-order valence-corrected chi connectivity index (χ0v) is 23.9. The second-order valence-electron chi connectivity index (χ2n) is 10.2. The van der Waals surface area contributed by atoms with Gasteiger partial charge in [0.15, 0.2) is 0 Å². The van der Waals surface area contributed by atoms with Crippen LogP contribution in [0.3, 0.4) is 0 Å². The van der Waals surface area contributed by atoms with Gasteiger partial charge in [-0.2, -0.15) is 0 Å². The fourth-order valence-corrected chi connectivity index (χ4v) is 4.72. The third kappa shape index (κ3) is 6.65. The summed E-state index contributed by atoms with van der Waals surface area (Å²) < 4.78 is 5.21. The molecule has 2 unspecified atom stereocenters. The topological polar surface area (TPSA) is 104 Å². The number of benzene rings is 2. The van der Waals surface area contributed by atoms with Gasteiger partial charge in [0.2, 0.25) is 11.8 Å². The predicted molar refractivity (Wildman–Crippen MR) is 150 cm³/mol. The van der Waals surface area contributed by atoms with Gasteiger partial charge in [0.1, 0.15) is 12.1 Å². The number of hydrogen-bond donors (Lipinski definition) is 0. The van der Waals surface area contributed by atoms with E-state index in [1.54, 1.807) is 74.6 Å². The SMILES string of the molecule is CCC(C)C1C(=O)N(N(C(C)=O)[C@@H](Cc2ccccc2)C(=O)C(=O)OC(C)C)C(c2ccccc2)=CN1C(C)=O. The molecule has 2 aromatic carbocycles. The lowest BCUT2D eigenvalue weighted by molar-refractivity contribution is -0.172. The van der Waals surface area contributed by atoms with Crippen molar-refractivity contribution in [2.45, 2.75) is 72.6 Å². The zero-order chi connectivity index (χ0) is 29.6. The standard InChI is InChI=1S/C31H37N3O6/c1-7-21(4)28-30(38)34(27(19-32(28)22(5)35)25-16-12-9-13-17-25)33(23(6)36)26(18-24-14-10-8-11-15-24)29(37)31(39)40-20(2)3/h8-17,19-21,26,28H,7,18H2,1-6H3/t21?,26-,28?/m0/s1. The van der Waals surface area contributed by atoms with Gasteiger partial charge in [0, 0.05) is 32.0 Å². The minimum absolute atomic E-state index is 0.0390. The van der Waals surface area contributed by atoms with E-state index in [4.69, 9.17) is 4.74 Å². The lowest BCUT2D eigenvalue weighted by atomic mass is 9.93. The van der Waals surface area contributed by atoms with Crippen LogP contribution in [0.2, 0.25) is 0 Å². The van der Waals surface area contributed by atoms with Crippen LogP contribution in [-0.2, 0) is 35.1 Å². The summed E-state index contributed by atoms with van der Waals surface area (Å²) in [5, 5.41) is 2.22. The Bertz CT molecular complexity index is 1270. The van der Waals surface area contributed by atoms with E-state index < -0.39 is 41.8 Å². The summed E-state index contributed by atoms with van der Waals surface area (Å²) in [4.78, 5) is 68.5. The van der Waals surface area contributed by atoms with Gasteiger partial charge in [-0.25, -0.2) is 14.8 Å². The number of nitrogens with zero attached hydrogens (tertiary/aromatic N) is 3. The van der Waals surface area contributed by atoms with Crippen LogP contribution < -0.4 is 0 Å². The molecule has 0 N–H and O–H groups in total. The quantitative estimate of drug-likeness (QED) is 0.329. The summed E-state index contributed by atoms with van der Waals surface area (Å²) in [6.45, 7) is 9.62. The number of carbonyl (C=O) groups is 5. The maximum atomic E-state index is 14.4. The van der Waals surface area contributed by atoms with E-state index in [9.17, 15) is 24.0 Å². The molecule has 3 rings (SSSR count). The first-order chi connectivity index (χ1) is 19.0. The Hall–Kier alpha value is -4.27. The van der Waals surface area contributed by atoms with Crippen LogP contribution in [0.4, 0.5) is 0 Å². The van der Waals surface area contributed by atoms with Crippen molar-refractivity contribution in [3.05, 3.63) is 78.0 Å². The van der Waals surface area contributed by atoms with Gasteiger partial charge < -0.3 is 9.64 Å². The van der Waals surface area contributed by atoms with Crippen molar-refractivity contribution >= 4 is 35.2 Å². The minimum atomic E-state index is -1.39. The van der Waals surface area contributed by atoms with E-state index >= 15 is 0 Å². The molecule has 2 aromatic rings. The average Bonchev–Trinajstić information content (AvgIpc) is 2.92. The van der Waals surface area contributed by atoms with E-state index in [0.717, 1.165) is 5.01 Å². The molecule has 3 amide bonds. The summed E-state index contributed by atoms with van der Waals surface area (Å²) in [6.07, 6.45) is 1.52. The Morgan fingerprint density at radius 1 is 0.925 bits per heavy atom. The second-order valence-corrected chi connectivity index (χ2v) is 10.2. The van der Waals surface area contributed by atoms with E-state index in [0.29, 0.717) is 17.5 Å². The molecule has 0 spiro atoms. The Kier molecular flexibility index (Phi) is 9.98. The van der Waals surface area contributed by atoms with Gasteiger partial charge in [-0.3, -0.25) is 19.2 Å². The maximum Gasteiger partial charge on any atom is 0.377 e. The summed E-state index contributed by atoms with van der Waals surface area (Å²) in [5.74, 6) is -3.83. The number of carbonyl (C=O) groups excluding carboxylic acids is 5. The largest absolute Gasteiger partial charge is 0.457 e. The molecule has 0 fully saturated rings. The van der Waals surface area contributed by atoms with Crippen LogP contribution in [-0.4, -0.2) is 62.6 Å². The summed E-state index contributed by atoms with van der Waals surface area (Å²) >= 11 is 0. The highest BCUT2D eigenvalue weighted by molar-refractivity contribution is 6.36. The minimum Gasteiger partial charge on any atom is -0.457 e. The zero-order valence-electron chi connectivity index (χ0n) is 23.9. The first-order valence-electron chi connectivity index (χ1n) is 13.5. The number of hydrazine groups is 1. The van der Waals surface area contributed by atoms with Crippen molar-refractivity contribution in [3.63, 3.8) is 0 Å². The molecule has 1 aliphatic rings. The molecule has 1 heterocycles. The fourth-order valence-electron chi connectivity index (χ4n) is 4.72. The van der Waals surface area contributed by atoms with Crippen molar-refractivity contribution in [2.75, 3.05) is 0 Å². The summed E-state index contributed by atoms with van der Waals surface area (Å²) in [7, 11) is 0. The molecule has 212 valence electrons. The summed E-state index contributed by atoms with van der Waals surface area (Å²) in [6, 6.07) is 15.4. The van der Waals surface area contributed by atoms with E-state index in [1.807, 2.05) is 19.9 Å². The highest BCUT2D eigenvalue weighted by atomic mass is 16.5. The predicted octanol–water partition coefficient (Wildman–Crippen LogP) is 3.99. The molecule has 0 saturated carbocycles. The normalized spacial score (nSPS) is 16.7. The molecular formula is C31H37N3O6. The number of rotatable bonds is 10. The molecule has 0 saturated heterocycles. The van der Waals surface area contributed by atoms with Gasteiger partial charge >= 0.3 is 5.97 Å². The van der Waals surface area contributed by atoms with Gasteiger partial charge in [-0.05, 0) is 25.3 Å². The number of ketones is 1. The third-order valence-electron chi connectivity index (χ3n) is 6.82. The number of Topliss-reactive ketones (excluding diaryl/α,β-unsaturated/α-hetero) is 1. The number of hydrogen-bond acceptors (Lipinski definition) is 6. The van der Waals surface area contributed by atoms with Gasteiger partial charge in [0.25, 0.3) is 11.7 Å². The molecule has 9 heteroatoms. The van der Waals surface area contributed by atoms with Crippen LogP contribution in [0.15, 0.2) is 66.9 Å². The average molecular weight is 548 g/mol. The van der Waals surface area contributed by atoms with Crippen molar-refractivity contribution in [1.82, 2.24) is 14.9 Å². The third-order valence-corrected chi connectivity index (χ3v) is 6.82. The van der Waals surface area contributed by atoms with Gasteiger partial charge in [-0.1, -0.05) is 80.9 Å². The molecular weight excluding hydrogens is 510 g/mol. The monoisotopic (exact) mass is 547 g/mol. The number of ether oxygens (including phenoxy) is 1. The highest BCUT2D eigenvalue weighted by Crippen LogP contribution is 2.34. The Balaban J connectivity index is 2.27. The Morgan fingerprint density at radius 3 is 2.00 bits per heavy atom. The van der Waals surface area contributed by atoms with Crippen molar-refractivity contribution in [3.8, 4) is 0 Å². The number of amides is 3. The lowest BCUT2D eigenvalue weighted by Crippen LogP contribution is -2.64. The smallest absolute Gasteiger partial charge is 0.377 e. The van der Waals surface area contributed by atoms with Crippen LogP contribution in [0.25, 0.3) is 5.70 Å². The molecule has 0 aliphatic carbocycles. The van der Waals surface area contributed by atoms with Gasteiger partial charge in [0.05, 0.1) is 11.8 Å². The van der Waals surface area contributed by atoms with Crippen LogP contribution in [0.1, 0.15) is 59.1 Å². The molecule has 0 radical (unpaired) electrons. The Morgan fingerprint density at radius 2 is 1.50 bits per heavy atom. The van der Waals surface area contributed by atoms with Crippen molar-refractivity contribution in [2.24, 2.45) is 5.92 Å². The van der Waals surface area contributed by atoms with Crippen LogP contribution in [0.5, 0.6) is 0 Å². The Labute approximate surface area is 235 Å². The summed E-state index contributed by atoms with van der Waals surface area (Å²) in [5.41, 5.74) is 1.47. The van der Waals surface area contributed by atoms with E-state index in [1.165, 1.54) is 23.8 Å². The first kappa shape index (κ1) is 30.3. The highest BCUT2D eigenvalue weighted by Gasteiger charge is 2.47. The van der Waals surface area contributed by atoms with Crippen LogP contribution in [0, 0.1) is 5.92 Å². The molecule has 3 atom stereocenters. The van der Waals surface area contributed by atoms with Crippen molar-refractivity contribution in [1.29, 1.82) is 0 Å². The fraction of sp³-hybridized carbons (Fsp3) is 0.387. The molecule has 9 nitrogen and oxygen atoms in total. The molecule has 40 heavy (non-hydrogen) atoms. The lowest BCUT2D eigenvalue weighted by Gasteiger charge is -2.47.